The molecule has 1 aromatic rings. The van der Waals surface area contributed by atoms with Crippen molar-refractivity contribution in [2.24, 2.45) is 0 Å². The minimum Gasteiger partial charge on any atom is -0.481 e. The number of sulfone groups is 1. The third-order valence-corrected chi connectivity index (χ3v) is 5.64. The molecule has 0 N–H and O–H groups in total. The molecule has 0 saturated heterocycles. The SMILES string of the molecule is CCN(C(=O)[C@@H](C)Oc1ccc(C)cc1)[C@@H](C)CS(=O)(=O)CC. The predicted molar refractivity (Wildman–Crippen MR) is 92.4 cm³/mol. The van der Waals surface area contributed by atoms with Crippen molar-refractivity contribution in [2.45, 2.75) is 46.8 Å². The number of carbonyl (C=O) groups excluding carboxylic acids is 1. The van der Waals surface area contributed by atoms with Gasteiger partial charge in [0.25, 0.3) is 5.91 Å². The molecule has 0 aromatic heterocycles. The smallest absolute Gasteiger partial charge is 0.263 e. The lowest BCUT2D eigenvalue weighted by Crippen LogP contribution is -2.47. The molecule has 0 unspecified atom stereocenters. The summed E-state index contributed by atoms with van der Waals surface area (Å²) in [7, 11) is -3.13. The van der Waals surface area contributed by atoms with Crippen LogP contribution >= 0.6 is 0 Å². The van der Waals surface area contributed by atoms with Crippen LogP contribution in [0, 0.1) is 6.92 Å². The van der Waals surface area contributed by atoms with Crippen LogP contribution in [0.3, 0.4) is 0 Å². The lowest BCUT2D eigenvalue weighted by Gasteiger charge is -2.30. The van der Waals surface area contributed by atoms with E-state index in [2.05, 4.69) is 0 Å². The maximum Gasteiger partial charge on any atom is 0.263 e. The fraction of sp³-hybridized carbons (Fsp3) is 0.588. The van der Waals surface area contributed by atoms with E-state index >= 15 is 0 Å². The van der Waals surface area contributed by atoms with Crippen molar-refractivity contribution < 1.29 is 17.9 Å². The summed E-state index contributed by atoms with van der Waals surface area (Å²) in [6, 6.07) is 7.10. The molecule has 23 heavy (non-hydrogen) atoms. The molecular formula is C17H27NO4S. The van der Waals surface area contributed by atoms with Crippen LogP contribution in [0.4, 0.5) is 0 Å². The number of carbonyl (C=O) groups is 1. The van der Waals surface area contributed by atoms with E-state index in [-0.39, 0.29) is 23.5 Å². The molecule has 0 fully saturated rings. The second kappa shape index (κ2) is 8.34. The van der Waals surface area contributed by atoms with Gasteiger partial charge in [0.05, 0.1) is 5.75 Å². The van der Waals surface area contributed by atoms with Crippen LogP contribution in [0.1, 0.15) is 33.3 Å². The van der Waals surface area contributed by atoms with Gasteiger partial charge in [0.1, 0.15) is 5.75 Å². The number of ether oxygens (including phenoxy) is 1. The molecule has 0 spiro atoms. The highest BCUT2D eigenvalue weighted by Gasteiger charge is 2.27. The van der Waals surface area contributed by atoms with Crippen molar-refractivity contribution in [1.82, 2.24) is 4.90 Å². The van der Waals surface area contributed by atoms with E-state index in [9.17, 15) is 13.2 Å². The Morgan fingerprint density at radius 3 is 2.22 bits per heavy atom. The molecule has 6 heteroatoms. The van der Waals surface area contributed by atoms with Gasteiger partial charge in [-0.25, -0.2) is 8.42 Å². The van der Waals surface area contributed by atoms with Gasteiger partial charge in [-0.1, -0.05) is 24.6 Å². The fourth-order valence-corrected chi connectivity index (χ4v) is 3.52. The number of aryl methyl sites for hydroxylation is 1. The highest BCUT2D eigenvalue weighted by Crippen LogP contribution is 2.15. The first-order valence-electron chi connectivity index (χ1n) is 7.94. The number of benzene rings is 1. The lowest BCUT2D eigenvalue weighted by molar-refractivity contribution is -0.139. The molecule has 0 aliphatic carbocycles. The monoisotopic (exact) mass is 341 g/mol. The van der Waals surface area contributed by atoms with Gasteiger partial charge in [-0.05, 0) is 39.8 Å². The molecule has 1 aromatic carbocycles. The Morgan fingerprint density at radius 1 is 1.17 bits per heavy atom. The molecule has 1 rings (SSSR count). The summed E-state index contributed by atoms with van der Waals surface area (Å²) in [5.41, 5.74) is 1.12. The van der Waals surface area contributed by atoms with Gasteiger partial charge in [-0.3, -0.25) is 4.79 Å². The highest BCUT2D eigenvalue weighted by molar-refractivity contribution is 7.91. The van der Waals surface area contributed by atoms with E-state index in [1.807, 2.05) is 38.1 Å². The summed E-state index contributed by atoms with van der Waals surface area (Å²) >= 11 is 0. The summed E-state index contributed by atoms with van der Waals surface area (Å²) in [6.45, 7) is 9.32. The number of hydrogen-bond acceptors (Lipinski definition) is 4. The Labute approximate surface area is 139 Å². The zero-order valence-corrected chi connectivity index (χ0v) is 15.4. The van der Waals surface area contributed by atoms with Gasteiger partial charge in [0.2, 0.25) is 0 Å². The molecular weight excluding hydrogens is 314 g/mol. The third kappa shape index (κ3) is 5.86. The van der Waals surface area contributed by atoms with Crippen LogP contribution < -0.4 is 4.74 Å². The zero-order valence-electron chi connectivity index (χ0n) is 14.6. The van der Waals surface area contributed by atoms with Gasteiger partial charge in [0, 0.05) is 18.3 Å². The average molecular weight is 341 g/mol. The van der Waals surface area contributed by atoms with Crippen LogP contribution in [0.2, 0.25) is 0 Å². The maximum absolute atomic E-state index is 12.6. The highest BCUT2D eigenvalue weighted by atomic mass is 32.2. The molecule has 0 aliphatic rings. The van der Waals surface area contributed by atoms with Crippen molar-refractivity contribution in [3.05, 3.63) is 29.8 Å². The number of rotatable bonds is 8. The van der Waals surface area contributed by atoms with Crippen LogP contribution in [0.25, 0.3) is 0 Å². The van der Waals surface area contributed by atoms with Gasteiger partial charge < -0.3 is 9.64 Å². The van der Waals surface area contributed by atoms with E-state index in [4.69, 9.17) is 4.74 Å². The zero-order chi connectivity index (χ0) is 17.6. The van der Waals surface area contributed by atoms with Gasteiger partial charge in [-0.15, -0.1) is 0 Å². The van der Waals surface area contributed by atoms with E-state index in [1.54, 1.807) is 25.7 Å². The van der Waals surface area contributed by atoms with Crippen LogP contribution in [-0.4, -0.2) is 49.4 Å². The Morgan fingerprint density at radius 2 is 1.74 bits per heavy atom. The Bertz CT molecular complexity index is 610. The molecule has 2 atom stereocenters. The van der Waals surface area contributed by atoms with Gasteiger partial charge in [0.15, 0.2) is 15.9 Å². The second-order valence-corrected chi connectivity index (χ2v) is 8.14. The summed E-state index contributed by atoms with van der Waals surface area (Å²) in [4.78, 5) is 14.1. The summed E-state index contributed by atoms with van der Waals surface area (Å²) in [5, 5.41) is 0. The first kappa shape index (κ1) is 19.5. The predicted octanol–water partition coefficient (Wildman–Crippen LogP) is 2.43. The van der Waals surface area contributed by atoms with Crippen LogP contribution in [-0.2, 0) is 14.6 Å². The Kier molecular flexibility index (Phi) is 7.06. The van der Waals surface area contributed by atoms with Crippen LogP contribution in [0.5, 0.6) is 5.75 Å². The minimum atomic E-state index is -3.13. The fourth-order valence-electron chi connectivity index (χ4n) is 2.36. The normalized spacial score (nSPS) is 14.1. The molecule has 0 aliphatic heterocycles. The first-order valence-corrected chi connectivity index (χ1v) is 9.76. The van der Waals surface area contributed by atoms with E-state index in [0.717, 1.165) is 5.56 Å². The van der Waals surface area contributed by atoms with E-state index in [1.165, 1.54) is 0 Å². The van der Waals surface area contributed by atoms with Gasteiger partial charge in [-0.2, -0.15) is 0 Å². The molecule has 0 bridgehead atoms. The number of nitrogens with zero attached hydrogens (tertiary/aromatic N) is 1. The topological polar surface area (TPSA) is 63.7 Å². The quantitative estimate of drug-likeness (QED) is 0.728. The number of hydrogen-bond donors (Lipinski definition) is 0. The summed E-state index contributed by atoms with van der Waals surface area (Å²) in [6.07, 6.45) is -0.663. The standard InChI is InChI=1S/C17H27NO4S/c1-6-18(14(4)12-23(20,21)7-2)17(19)15(5)22-16-10-8-13(3)9-11-16/h8-11,14-15H,6-7,12H2,1-5H3/t14-,15+/m0/s1. The van der Waals surface area contributed by atoms with Crippen molar-refractivity contribution >= 4 is 15.7 Å². The van der Waals surface area contributed by atoms with Crippen molar-refractivity contribution in [2.75, 3.05) is 18.1 Å². The Hall–Kier alpha value is -1.56. The molecule has 130 valence electrons. The van der Waals surface area contributed by atoms with Crippen LogP contribution in [0.15, 0.2) is 24.3 Å². The third-order valence-electron chi connectivity index (χ3n) is 3.77. The molecule has 0 heterocycles. The van der Waals surface area contributed by atoms with Crippen molar-refractivity contribution in [3.8, 4) is 5.75 Å². The molecule has 0 radical (unpaired) electrons. The number of likely N-dealkylation sites (N-methyl/N-ethyl adjacent to an activating group) is 1. The number of amides is 1. The molecule has 5 nitrogen and oxygen atoms in total. The summed E-state index contributed by atoms with van der Waals surface area (Å²) in [5.74, 6) is 0.479. The largest absolute Gasteiger partial charge is 0.481 e. The van der Waals surface area contributed by atoms with E-state index in [0.29, 0.717) is 12.3 Å². The van der Waals surface area contributed by atoms with Gasteiger partial charge >= 0.3 is 0 Å². The maximum atomic E-state index is 12.6. The Balaban J connectivity index is 2.76. The molecule has 0 saturated carbocycles. The lowest BCUT2D eigenvalue weighted by atomic mass is 10.2. The van der Waals surface area contributed by atoms with Crippen molar-refractivity contribution in [1.29, 1.82) is 0 Å². The molecule has 1 amide bonds. The first-order chi connectivity index (χ1) is 10.7. The van der Waals surface area contributed by atoms with Crippen molar-refractivity contribution in [3.63, 3.8) is 0 Å². The van der Waals surface area contributed by atoms with E-state index < -0.39 is 15.9 Å². The minimum absolute atomic E-state index is 0.0274. The average Bonchev–Trinajstić information content (AvgIpc) is 2.49. The summed E-state index contributed by atoms with van der Waals surface area (Å²) < 4.78 is 29.2. The second-order valence-electron chi connectivity index (χ2n) is 5.75.